The second-order valence-corrected chi connectivity index (χ2v) is 2.37. The van der Waals surface area contributed by atoms with Crippen LogP contribution >= 0.6 is 11.6 Å². The van der Waals surface area contributed by atoms with E-state index in [2.05, 4.69) is 11.6 Å². The van der Waals surface area contributed by atoms with E-state index in [-0.39, 0.29) is 11.5 Å². The van der Waals surface area contributed by atoms with Crippen molar-refractivity contribution in [2.75, 3.05) is 12.9 Å². The zero-order valence-corrected chi connectivity index (χ0v) is 7.55. The Morgan fingerprint density at radius 2 is 2.42 bits per heavy atom. The topological polar surface area (TPSA) is 32.6 Å². The first-order chi connectivity index (χ1) is 5.67. The molecule has 68 valence electrons. The first-order valence-corrected chi connectivity index (χ1v) is 3.89. The highest BCUT2D eigenvalue weighted by Gasteiger charge is 2.10. The minimum Gasteiger partial charge on any atom is -0.387 e. The summed E-state index contributed by atoms with van der Waals surface area (Å²) in [7, 11) is 1.44. The molecule has 0 aromatic rings. The number of halogens is 2. The Hall–Kier alpha value is -0.670. The van der Waals surface area contributed by atoms with Gasteiger partial charge in [-0.25, -0.2) is 4.39 Å². The average molecular weight is 192 g/mol. The van der Waals surface area contributed by atoms with E-state index in [0.717, 1.165) is 6.21 Å². The lowest BCUT2D eigenvalue weighted by atomic mass is 10.1. The number of allylic oxidation sites excluding steroid dienone is 1. The van der Waals surface area contributed by atoms with Gasteiger partial charge in [-0.15, -0.1) is 11.6 Å². The molecule has 0 fully saturated rings. The van der Waals surface area contributed by atoms with E-state index in [9.17, 15) is 4.39 Å². The molecule has 0 saturated carbocycles. The van der Waals surface area contributed by atoms with Gasteiger partial charge in [-0.05, 0) is 0 Å². The van der Waals surface area contributed by atoms with Crippen molar-refractivity contribution in [2.45, 2.75) is 6.10 Å². The lowest BCUT2D eigenvalue weighted by Crippen LogP contribution is -2.12. The number of alkyl halides is 1. The minimum atomic E-state index is -1.03. The van der Waals surface area contributed by atoms with Gasteiger partial charge in [0.2, 0.25) is 0 Å². The highest BCUT2D eigenvalue weighted by atomic mass is 35.5. The summed E-state index contributed by atoms with van der Waals surface area (Å²) in [6.45, 7) is 3.36. The molecule has 1 atom stereocenters. The number of aliphatic hydroxyl groups is 1. The molecule has 1 N–H and O–H groups in total. The molecular formula is C8H11ClFNO. The second kappa shape index (κ2) is 5.91. The molecule has 0 aliphatic rings. The van der Waals surface area contributed by atoms with Gasteiger partial charge in [-0.2, -0.15) is 0 Å². The zero-order chi connectivity index (χ0) is 9.56. The van der Waals surface area contributed by atoms with Crippen LogP contribution in [-0.2, 0) is 0 Å². The average Bonchev–Trinajstić information content (AvgIpc) is 2.06. The number of nitrogens with zero attached hydrogens (tertiary/aromatic N) is 1. The van der Waals surface area contributed by atoms with Crippen molar-refractivity contribution in [3.05, 3.63) is 24.1 Å². The molecule has 0 aliphatic heterocycles. The van der Waals surface area contributed by atoms with E-state index in [1.807, 2.05) is 0 Å². The smallest absolute Gasteiger partial charge is 0.146 e. The SMILES string of the molecule is C=C/C(=C(/F)C=NC)[C@@H](O)CCl. The zero-order valence-electron chi connectivity index (χ0n) is 6.80. The van der Waals surface area contributed by atoms with E-state index in [0.29, 0.717) is 0 Å². The van der Waals surface area contributed by atoms with Gasteiger partial charge in [-0.3, -0.25) is 4.99 Å². The summed E-state index contributed by atoms with van der Waals surface area (Å²) >= 11 is 5.33. The number of aliphatic hydroxyl groups excluding tert-OH is 1. The maximum Gasteiger partial charge on any atom is 0.146 e. The number of aliphatic imine (C=N–C) groups is 1. The van der Waals surface area contributed by atoms with Gasteiger partial charge in [0.15, 0.2) is 0 Å². The van der Waals surface area contributed by atoms with Gasteiger partial charge in [-0.1, -0.05) is 12.7 Å². The highest BCUT2D eigenvalue weighted by molar-refractivity contribution is 6.18. The normalized spacial score (nSPS) is 16.0. The largest absolute Gasteiger partial charge is 0.387 e. The fraction of sp³-hybridized carbons (Fsp3) is 0.375. The van der Waals surface area contributed by atoms with Gasteiger partial charge >= 0.3 is 0 Å². The van der Waals surface area contributed by atoms with E-state index < -0.39 is 11.9 Å². The Kier molecular flexibility index (Phi) is 5.58. The molecule has 0 rings (SSSR count). The van der Waals surface area contributed by atoms with Crippen LogP contribution < -0.4 is 0 Å². The van der Waals surface area contributed by atoms with Crippen molar-refractivity contribution in [1.29, 1.82) is 0 Å². The first-order valence-electron chi connectivity index (χ1n) is 3.35. The third-order valence-electron chi connectivity index (χ3n) is 1.24. The Labute approximate surface area is 76.1 Å². The molecule has 2 nitrogen and oxygen atoms in total. The van der Waals surface area contributed by atoms with Crippen molar-refractivity contribution in [3.8, 4) is 0 Å². The van der Waals surface area contributed by atoms with Crippen molar-refractivity contribution in [2.24, 2.45) is 4.99 Å². The molecule has 0 heterocycles. The molecule has 0 aliphatic carbocycles. The number of hydrogen-bond donors (Lipinski definition) is 1. The van der Waals surface area contributed by atoms with Crippen LogP contribution in [0.25, 0.3) is 0 Å². The number of hydrogen-bond acceptors (Lipinski definition) is 2. The van der Waals surface area contributed by atoms with Crippen LogP contribution in [-0.4, -0.2) is 30.4 Å². The van der Waals surface area contributed by atoms with Crippen molar-refractivity contribution >= 4 is 17.8 Å². The summed E-state index contributed by atoms with van der Waals surface area (Å²) in [5.74, 6) is -0.674. The lowest BCUT2D eigenvalue weighted by molar-refractivity contribution is 0.236. The fourth-order valence-corrected chi connectivity index (χ4v) is 0.830. The summed E-state index contributed by atoms with van der Waals surface area (Å²) in [5, 5.41) is 9.15. The molecule has 4 heteroatoms. The molecule has 0 aromatic heterocycles. The Morgan fingerprint density at radius 1 is 1.83 bits per heavy atom. The van der Waals surface area contributed by atoms with E-state index in [1.54, 1.807) is 0 Å². The summed E-state index contributed by atoms with van der Waals surface area (Å²) in [5.41, 5.74) is 0.0654. The molecule has 0 bridgehead atoms. The summed E-state index contributed by atoms with van der Waals surface area (Å²) in [6.07, 6.45) is 1.21. The van der Waals surface area contributed by atoms with E-state index in [4.69, 9.17) is 16.7 Å². The Balaban J connectivity index is 4.71. The third-order valence-corrected chi connectivity index (χ3v) is 1.54. The van der Waals surface area contributed by atoms with Crippen LogP contribution in [0.2, 0.25) is 0 Å². The van der Waals surface area contributed by atoms with Gasteiger partial charge in [0.1, 0.15) is 5.83 Å². The van der Waals surface area contributed by atoms with Crippen LogP contribution in [0.5, 0.6) is 0 Å². The molecule has 0 unspecified atom stereocenters. The van der Waals surface area contributed by atoms with E-state index in [1.165, 1.54) is 13.1 Å². The molecule has 0 saturated heterocycles. The minimum absolute atomic E-state index is 0.0632. The standard InChI is InChI=1S/C8H11ClFNO/c1-3-6(8(12)4-9)7(10)5-11-2/h3,5,8,12H,1,4H2,2H3/b7-6-,11-5?/t8-/m0/s1. The van der Waals surface area contributed by atoms with Crippen molar-refractivity contribution < 1.29 is 9.50 Å². The van der Waals surface area contributed by atoms with Crippen molar-refractivity contribution in [3.63, 3.8) is 0 Å². The van der Waals surface area contributed by atoms with Crippen LogP contribution in [0.1, 0.15) is 0 Å². The highest BCUT2D eigenvalue weighted by Crippen LogP contribution is 2.11. The summed E-state index contributed by atoms with van der Waals surface area (Å²) in [6, 6.07) is 0. The molecule has 0 spiro atoms. The Bertz CT molecular complexity index is 213. The monoisotopic (exact) mass is 191 g/mol. The van der Waals surface area contributed by atoms with Gasteiger partial charge in [0.25, 0.3) is 0 Å². The van der Waals surface area contributed by atoms with Crippen molar-refractivity contribution in [1.82, 2.24) is 0 Å². The summed E-state index contributed by atoms with van der Waals surface area (Å²) < 4.78 is 12.9. The van der Waals surface area contributed by atoms with Crippen LogP contribution in [0, 0.1) is 0 Å². The lowest BCUT2D eigenvalue weighted by Gasteiger charge is -2.07. The van der Waals surface area contributed by atoms with Gasteiger partial charge < -0.3 is 5.11 Å². The third kappa shape index (κ3) is 3.15. The predicted molar refractivity (Wildman–Crippen MR) is 49.5 cm³/mol. The van der Waals surface area contributed by atoms with Gasteiger partial charge in [0, 0.05) is 12.6 Å². The maximum atomic E-state index is 12.9. The van der Waals surface area contributed by atoms with Gasteiger partial charge in [0.05, 0.1) is 18.2 Å². The molecule has 12 heavy (non-hydrogen) atoms. The predicted octanol–water partition coefficient (Wildman–Crippen LogP) is 1.70. The fourth-order valence-electron chi connectivity index (χ4n) is 0.664. The van der Waals surface area contributed by atoms with Crippen LogP contribution in [0.15, 0.2) is 29.0 Å². The number of rotatable bonds is 4. The summed E-state index contributed by atoms with van der Waals surface area (Å²) in [4.78, 5) is 3.46. The van der Waals surface area contributed by atoms with Crippen LogP contribution in [0.3, 0.4) is 0 Å². The maximum absolute atomic E-state index is 12.9. The van der Waals surface area contributed by atoms with Crippen LogP contribution in [0.4, 0.5) is 4.39 Å². The second-order valence-electron chi connectivity index (χ2n) is 2.06. The molecular weight excluding hydrogens is 181 g/mol. The quantitative estimate of drug-likeness (QED) is 0.410. The molecule has 0 radical (unpaired) electrons. The molecule has 0 aromatic carbocycles. The van der Waals surface area contributed by atoms with E-state index >= 15 is 0 Å². The first kappa shape index (κ1) is 11.3. The Morgan fingerprint density at radius 3 is 2.75 bits per heavy atom. The molecule has 0 amide bonds.